The number of nitrogens with zero attached hydrogens (tertiary/aromatic N) is 1. The summed E-state index contributed by atoms with van der Waals surface area (Å²) in [4.78, 5) is 24.8. The Morgan fingerprint density at radius 3 is 2.59 bits per heavy atom. The average molecular weight is 373 g/mol. The highest BCUT2D eigenvalue weighted by molar-refractivity contribution is 5.77. The van der Waals surface area contributed by atoms with Crippen LogP contribution in [-0.2, 0) is 16.0 Å². The molecule has 0 aliphatic carbocycles. The summed E-state index contributed by atoms with van der Waals surface area (Å²) < 4.78 is 0. The number of carboxylic acids is 1. The van der Waals surface area contributed by atoms with Crippen molar-refractivity contribution in [3.63, 3.8) is 0 Å². The summed E-state index contributed by atoms with van der Waals surface area (Å²) in [6, 6.07) is 10.0. The lowest BCUT2D eigenvalue weighted by Gasteiger charge is -2.35. The number of amides is 1. The number of aliphatic carboxylic acids is 1. The monoisotopic (exact) mass is 373 g/mol. The number of rotatable bonds is 11. The summed E-state index contributed by atoms with van der Waals surface area (Å²) in [6.07, 6.45) is 9.20. The van der Waals surface area contributed by atoms with Gasteiger partial charge in [-0.3, -0.25) is 9.59 Å². The number of carboxylic acid groups (broad SMARTS) is 1. The topological polar surface area (TPSA) is 77.8 Å². The smallest absolute Gasteiger partial charge is 0.303 e. The number of aliphatic hydroxyl groups excluding tert-OH is 1. The number of unbranched alkanes of at least 4 members (excludes halogenated alkanes) is 3. The third-order valence-electron chi connectivity index (χ3n) is 5.08. The first-order chi connectivity index (χ1) is 13.1. The predicted octanol–water partition coefficient (Wildman–Crippen LogP) is 4.48. The van der Waals surface area contributed by atoms with Gasteiger partial charge in [0.2, 0.25) is 5.91 Å². The van der Waals surface area contributed by atoms with E-state index in [0.29, 0.717) is 31.4 Å². The highest BCUT2D eigenvalue weighted by atomic mass is 16.4. The number of benzene rings is 1. The second kappa shape index (κ2) is 11.4. The Balaban J connectivity index is 1.79. The van der Waals surface area contributed by atoms with Crippen molar-refractivity contribution in [1.82, 2.24) is 4.90 Å². The van der Waals surface area contributed by atoms with E-state index in [2.05, 4.69) is 0 Å². The molecule has 5 heteroatoms. The molecular formula is C22H31NO4. The van der Waals surface area contributed by atoms with Crippen molar-refractivity contribution in [2.75, 3.05) is 6.54 Å². The van der Waals surface area contributed by atoms with Crippen LogP contribution >= 0.6 is 0 Å². The normalized spacial score (nSPS) is 17.9. The van der Waals surface area contributed by atoms with Gasteiger partial charge in [0.1, 0.15) is 0 Å². The van der Waals surface area contributed by atoms with Crippen LogP contribution in [0.4, 0.5) is 0 Å². The second-order valence-corrected chi connectivity index (χ2v) is 7.28. The van der Waals surface area contributed by atoms with Crippen molar-refractivity contribution in [2.45, 2.75) is 70.3 Å². The van der Waals surface area contributed by atoms with E-state index in [0.717, 1.165) is 44.2 Å². The van der Waals surface area contributed by atoms with Gasteiger partial charge in [0, 0.05) is 31.8 Å². The Hall–Kier alpha value is -2.30. The zero-order valence-electron chi connectivity index (χ0n) is 16.0. The largest absolute Gasteiger partial charge is 0.512 e. The Morgan fingerprint density at radius 1 is 1.11 bits per heavy atom. The predicted molar refractivity (Wildman–Crippen MR) is 106 cm³/mol. The molecule has 2 N–H and O–H groups in total. The molecule has 2 rings (SSSR count). The third kappa shape index (κ3) is 7.85. The Labute approximate surface area is 161 Å². The van der Waals surface area contributed by atoms with Crippen molar-refractivity contribution in [1.29, 1.82) is 0 Å². The Bertz CT molecular complexity index is 626. The van der Waals surface area contributed by atoms with Crippen LogP contribution in [0.2, 0.25) is 0 Å². The van der Waals surface area contributed by atoms with Crippen LogP contribution in [0, 0.1) is 0 Å². The SMILES string of the molecule is O=C(O)CCCCCCN1C(=O)CCCC1C/C=C(\O)Cc1ccccc1. The van der Waals surface area contributed by atoms with Crippen LogP contribution in [0.25, 0.3) is 0 Å². The highest BCUT2D eigenvalue weighted by Gasteiger charge is 2.26. The lowest BCUT2D eigenvalue weighted by molar-refractivity contribution is -0.137. The van der Waals surface area contributed by atoms with Crippen LogP contribution in [0.1, 0.15) is 63.4 Å². The minimum atomic E-state index is -0.747. The van der Waals surface area contributed by atoms with Crippen LogP contribution in [0.15, 0.2) is 42.2 Å². The molecule has 0 bridgehead atoms. The molecule has 27 heavy (non-hydrogen) atoms. The van der Waals surface area contributed by atoms with E-state index in [4.69, 9.17) is 5.11 Å². The summed E-state index contributed by atoms with van der Waals surface area (Å²) in [5.74, 6) is -0.191. The third-order valence-corrected chi connectivity index (χ3v) is 5.08. The van der Waals surface area contributed by atoms with Crippen LogP contribution in [0.3, 0.4) is 0 Å². The summed E-state index contributed by atoms with van der Waals surface area (Å²) >= 11 is 0. The van der Waals surface area contributed by atoms with Gasteiger partial charge >= 0.3 is 5.97 Å². The van der Waals surface area contributed by atoms with Gasteiger partial charge in [-0.05, 0) is 43.7 Å². The fraction of sp³-hybridized carbons (Fsp3) is 0.545. The molecule has 1 amide bonds. The molecule has 0 spiro atoms. The Morgan fingerprint density at radius 2 is 1.85 bits per heavy atom. The van der Waals surface area contributed by atoms with E-state index in [-0.39, 0.29) is 18.4 Å². The number of piperidine rings is 1. The molecule has 0 radical (unpaired) electrons. The maximum atomic E-state index is 12.3. The van der Waals surface area contributed by atoms with Gasteiger partial charge in [-0.25, -0.2) is 0 Å². The second-order valence-electron chi connectivity index (χ2n) is 7.28. The van der Waals surface area contributed by atoms with E-state index in [9.17, 15) is 14.7 Å². The number of carbonyl (C=O) groups is 2. The summed E-state index contributed by atoms with van der Waals surface area (Å²) in [6.45, 7) is 0.726. The van der Waals surface area contributed by atoms with E-state index in [1.165, 1.54) is 0 Å². The number of allylic oxidation sites excluding steroid dienone is 1. The molecule has 1 heterocycles. The van der Waals surface area contributed by atoms with Crippen molar-refractivity contribution in [2.24, 2.45) is 0 Å². The van der Waals surface area contributed by atoms with E-state index in [1.54, 1.807) is 0 Å². The van der Waals surface area contributed by atoms with Gasteiger partial charge in [-0.1, -0.05) is 43.2 Å². The maximum Gasteiger partial charge on any atom is 0.303 e. The molecule has 1 aromatic carbocycles. The van der Waals surface area contributed by atoms with Gasteiger partial charge in [0.25, 0.3) is 0 Å². The molecule has 1 fully saturated rings. The molecule has 0 saturated carbocycles. The number of hydrogen-bond donors (Lipinski definition) is 2. The molecule has 1 saturated heterocycles. The first-order valence-electron chi connectivity index (χ1n) is 9.99. The van der Waals surface area contributed by atoms with Crippen LogP contribution in [-0.4, -0.2) is 39.6 Å². The lowest BCUT2D eigenvalue weighted by atomic mass is 9.97. The fourth-order valence-electron chi connectivity index (χ4n) is 3.61. The van der Waals surface area contributed by atoms with Crippen molar-refractivity contribution >= 4 is 11.9 Å². The molecule has 1 aliphatic rings. The molecule has 1 unspecified atom stereocenters. The molecule has 1 aromatic rings. The molecule has 1 aliphatic heterocycles. The minimum absolute atomic E-state index is 0.156. The first kappa shape index (κ1) is 21.0. The zero-order chi connectivity index (χ0) is 19.5. The molecule has 0 aromatic heterocycles. The van der Waals surface area contributed by atoms with Gasteiger partial charge in [0.05, 0.1) is 5.76 Å². The fourth-order valence-corrected chi connectivity index (χ4v) is 3.61. The average Bonchev–Trinajstić information content (AvgIpc) is 2.65. The van der Waals surface area contributed by atoms with Gasteiger partial charge in [0.15, 0.2) is 0 Å². The zero-order valence-corrected chi connectivity index (χ0v) is 16.0. The summed E-state index contributed by atoms with van der Waals surface area (Å²) in [5, 5.41) is 18.9. The van der Waals surface area contributed by atoms with Crippen molar-refractivity contribution in [3.8, 4) is 0 Å². The quantitative estimate of drug-likeness (QED) is 0.443. The van der Waals surface area contributed by atoms with E-state index < -0.39 is 5.97 Å². The number of likely N-dealkylation sites (tertiary alicyclic amines) is 1. The highest BCUT2D eigenvalue weighted by Crippen LogP contribution is 2.23. The molecule has 148 valence electrons. The van der Waals surface area contributed by atoms with Gasteiger partial charge < -0.3 is 15.1 Å². The standard InChI is InChI=1S/C22H31NO4/c24-20(17-18-9-4-3-5-10-18)15-14-19-11-8-12-21(25)23(19)16-7-2-1-6-13-22(26)27/h3-5,9-10,15,19,24H,1-2,6-8,11-14,16-17H2,(H,26,27)/b20-15-. The number of aliphatic hydroxyl groups is 1. The molecular weight excluding hydrogens is 342 g/mol. The number of carbonyl (C=O) groups excluding carboxylic acids is 1. The van der Waals surface area contributed by atoms with E-state index in [1.807, 2.05) is 41.3 Å². The molecule has 5 nitrogen and oxygen atoms in total. The first-order valence-corrected chi connectivity index (χ1v) is 9.99. The van der Waals surface area contributed by atoms with Crippen molar-refractivity contribution < 1.29 is 19.8 Å². The Kier molecular flexibility index (Phi) is 8.89. The van der Waals surface area contributed by atoms with Crippen LogP contribution < -0.4 is 0 Å². The number of hydrogen-bond acceptors (Lipinski definition) is 3. The van der Waals surface area contributed by atoms with Gasteiger partial charge in [-0.15, -0.1) is 0 Å². The lowest BCUT2D eigenvalue weighted by Crippen LogP contribution is -2.43. The summed E-state index contributed by atoms with van der Waals surface area (Å²) in [7, 11) is 0. The molecule has 1 atom stereocenters. The minimum Gasteiger partial charge on any atom is -0.512 e. The maximum absolute atomic E-state index is 12.3. The van der Waals surface area contributed by atoms with Gasteiger partial charge in [-0.2, -0.15) is 0 Å². The summed E-state index contributed by atoms with van der Waals surface area (Å²) in [5.41, 5.74) is 1.07. The van der Waals surface area contributed by atoms with E-state index >= 15 is 0 Å². The van der Waals surface area contributed by atoms with Crippen molar-refractivity contribution in [3.05, 3.63) is 47.7 Å². The van der Waals surface area contributed by atoms with Crippen LogP contribution in [0.5, 0.6) is 0 Å².